The van der Waals surface area contributed by atoms with Gasteiger partial charge in [0.05, 0.1) is 0 Å². The van der Waals surface area contributed by atoms with E-state index < -0.39 is 0 Å². The van der Waals surface area contributed by atoms with Crippen molar-refractivity contribution in [3.8, 4) is 0 Å². The van der Waals surface area contributed by atoms with Gasteiger partial charge in [0.1, 0.15) is 23.4 Å². The molecule has 2 aromatic heterocycles. The molecule has 0 bridgehead atoms. The fraction of sp³-hybridized carbons (Fsp3) is 0.368. The number of rotatable bonds is 4. The lowest BCUT2D eigenvalue weighted by Crippen LogP contribution is -2.41. The highest BCUT2D eigenvalue weighted by Gasteiger charge is 2.25. The first kappa shape index (κ1) is 16.5. The number of carbonyl (C=O) groups excluding carboxylic acids is 1. The molecule has 1 aliphatic heterocycles. The minimum atomic E-state index is 0.0675. The van der Waals surface area contributed by atoms with E-state index in [2.05, 4.69) is 26.6 Å². The van der Waals surface area contributed by atoms with Crippen LogP contribution in [0.3, 0.4) is 0 Å². The number of fused-ring (bicyclic) bond motifs is 1. The summed E-state index contributed by atoms with van der Waals surface area (Å²) < 4.78 is 0. The SMILES string of the molecule is CNc1cc([C@@H]2CCCN(C(=O)Cn3nc4ccccc4n3)C2)ccn1. The predicted octanol–water partition coefficient (Wildman–Crippen LogP) is 2.27. The van der Waals surface area contributed by atoms with Crippen LogP contribution in [-0.4, -0.2) is 50.9 Å². The molecule has 0 unspecified atom stereocenters. The van der Waals surface area contributed by atoms with Crippen molar-refractivity contribution in [3.63, 3.8) is 0 Å². The smallest absolute Gasteiger partial charge is 0.246 e. The summed E-state index contributed by atoms with van der Waals surface area (Å²) in [6.45, 7) is 1.70. The monoisotopic (exact) mass is 350 g/mol. The van der Waals surface area contributed by atoms with Gasteiger partial charge in [0.25, 0.3) is 0 Å². The molecular weight excluding hydrogens is 328 g/mol. The normalized spacial score (nSPS) is 17.4. The maximum atomic E-state index is 12.7. The van der Waals surface area contributed by atoms with Gasteiger partial charge in [-0.3, -0.25) is 4.79 Å². The molecule has 7 nitrogen and oxygen atoms in total. The summed E-state index contributed by atoms with van der Waals surface area (Å²) in [5.74, 6) is 1.27. The van der Waals surface area contributed by atoms with Crippen molar-refractivity contribution in [2.45, 2.75) is 25.3 Å². The highest BCUT2D eigenvalue weighted by atomic mass is 16.2. The Morgan fingerprint density at radius 2 is 2.00 bits per heavy atom. The molecule has 0 radical (unpaired) electrons. The second-order valence-electron chi connectivity index (χ2n) is 6.62. The van der Waals surface area contributed by atoms with Crippen molar-refractivity contribution < 1.29 is 4.79 Å². The number of nitrogens with one attached hydrogen (secondary N) is 1. The van der Waals surface area contributed by atoms with E-state index in [1.54, 1.807) is 0 Å². The van der Waals surface area contributed by atoms with E-state index in [-0.39, 0.29) is 12.5 Å². The van der Waals surface area contributed by atoms with Gasteiger partial charge in [-0.05, 0) is 42.7 Å². The Morgan fingerprint density at radius 3 is 2.73 bits per heavy atom. The van der Waals surface area contributed by atoms with Crippen LogP contribution >= 0.6 is 0 Å². The van der Waals surface area contributed by atoms with Crippen LogP contribution in [0.25, 0.3) is 11.0 Å². The molecule has 3 heterocycles. The third kappa shape index (κ3) is 3.37. The molecule has 1 atom stereocenters. The van der Waals surface area contributed by atoms with E-state index in [4.69, 9.17) is 0 Å². The first-order valence-corrected chi connectivity index (χ1v) is 8.94. The molecule has 134 valence electrons. The average molecular weight is 350 g/mol. The van der Waals surface area contributed by atoms with E-state index in [9.17, 15) is 4.79 Å². The minimum absolute atomic E-state index is 0.0675. The van der Waals surface area contributed by atoms with Crippen LogP contribution in [0.2, 0.25) is 0 Å². The zero-order valence-electron chi connectivity index (χ0n) is 14.8. The number of carbonyl (C=O) groups is 1. The maximum Gasteiger partial charge on any atom is 0.246 e. The van der Waals surface area contributed by atoms with Crippen LogP contribution < -0.4 is 5.32 Å². The molecule has 26 heavy (non-hydrogen) atoms. The number of anilines is 1. The summed E-state index contributed by atoms with van der Waals surface area (Å²) >= 11 is 0. The van der Waals surface area contributed by atoms with E-state index in [1.807, 2.05) is 48.5 Å². The van der Waals surface area contributed by atoms with Crippen molar-refractivity contribution >= 4 is 22.8 Å². The fourth-order valence-corrected chi connectivity index (χ4v) is 3.51. The number of nitrogens with zero attached hydrogens (tertiary/aromatic N) is 5. The van der Waals surface area contributed by atoms with Gasteiger partial charge in [0.2, 0.25) is 5.91 Å². The number of hydrogen-bond donors (Lipinski definition) is 1. The Bertz CT molecular complexity index is 888. The topological polar surface area (TPSA) is 75.9 Å². The lowest BCUT2D eigenvalue weighted by Gasteiger charge is -2.33. The average Bonchev–Trinajstić information content (AvgIpc) is 3.10. The summed E-state index contributed by atoms with van der Waals surface area (Å²) in [7, 11) is 1.86. The molecule has 1 fully saturated rings. The van der Waals surface area contributed by atoms with Crippen LogP contribution in [0, 0.1) is 0 Å². The predicted molar refractivity (Wildman–Crippen MR) is 99.9 cm³/mol. The Hall–Kier alpha value is -2.96. The number of amides is 1. The van der Waals surface area contributed by atoms with Gasteiger partial charge in [-0.2, -0.15) is 15.0 Å². The number of benzene rings is 1. The Kier molecular flexibility index (Phi) is 4.51. The molecule has 0 spiro atoms. The third-order valence-electron chi connectivity index (χ3n) is 4.89. The molecule has 1 aromatic carbocycles. The zero-order valence-corrected chi connectivity index (χ0v) is 14.8. The zero-order chi connectivity index (χ0) is 17.9. The fourth-order valence-electron chi connectivity index (χ4n) is 3.51. The van der Waals surface area contributed by atoms with Crippen molar-refractivity contribution in [3.05, 3.63) is 48.2 Å². The standard InChI is InChI=1S/C19H22N6O/c1-20-18-11-14(8-9-21-18)15-5-4-10-24(12-15)19(26)13-25-22-16-6-2-3-7-17(16)23-25/h2-3,6-9,11,15H,4-5,10,12-13H2,1H3,(H,20,21)/t15-/m1/s1. The van der Waals surface area contributed by atoms with Crippen LogP contribution in [0.5, 0.6) is 0 Å². The first-order valence-electron chi connectivity index (χ1n) is 8.94. The Labute approximate surface area is 152 Å². The largest absolute Gasteiger partial charge is 0.373 e. The molecule has 7 heteroatoms. The van der Waals surface area contributed by atoms with Crippen molar-refractivity contribution in [2.75, 3.05) is 25.5 Å². The minimum Gasteiger partial charge on any atom is -0.373 e. The van der Waals surface area contributed by atoms with Crippen molar-refractivity contribution in [1.29, 1.82) is 0 Å². The van der Waals surface area contributed by atoms with Gasteiger partial charge in [-0.25, -0.2) is 4.98 Å². The molecule has 3 aromatic rings. The van der Waals surface area contributed by atoms with Gasteiger partial charge in [0, 0.05) is 32.3 Å². The quantitative estimate of drug-likeness (QED) is 0.781. The van der Waals surface area contributed by atoms with Gasteiger partial charge < -0.3 is 10.2 Å². The highest BCUT2D eigenvalue weighted by Crippen LogP contribution is 2.28. The Morgan fingerprint density at radius 1 is 1.23 bits per heavy atom. The van der Waals surface area contributed by atoms with Gasteiger partial charge in [0.15, 0.2) is 0 Å². The molecule has 1 N–H and O–H groups in total. The first-order chi connectivity index (χ1) is 12.7. The lowest BCUT2D eigenvalue weighted by atomic mass is 9.91. The van der Waals surface area contributed by atoms with Gasteiger partial charge in [-0.1, -0.05) is 12.1 Å². The number of piperidine rings is 1. The second-order valence-corrected chi connectivity index (χ2v) is 6.62. The summed E-state index contributed by atoms with van der Waals surface area (Å²) in [4.78, 5) is 20.5. The molecule has 1 aliphatic rings. The second kappa shape index (κ2) is 7.11. The van der Waals surface area contributed by atoms with Gasteiger partial charge in [-0.15, -0.1) is 0 Å². The number of likely N-dealkylation sites (tertiary alicyclic amines) is 1. The van der Waals surface area contributed by atoms with E-state index >= 15 is 0 Å². The summed E-state index contributed by atoms with van der Waals surface area (Å²) in [5.41, 5.74) is 2.85. The summed E-state index contributed by atoms with van der Waals surface area (Å²) in [5, 5.41) is 11.9. The summed E-state index contributed by atoms with van der Waals surface area (Å²) in [6, 6.07) is 11.8. The van der Waals surface area contributed by atoms with E-state index in [0.29, 0.717) is 5.92 Å². The maximum absolute atomic E-state index is 12.7. The third-order valence-corrected chi connectivity index (χ3v) is 4.89. The molecule has 0 aliphatic carbocycles. The molecule has 0 saturated carbocycles. The number of aromatic nitrogens is 4. The lowest BCUT2D eigenvalue weighted by molar-refractivity contribution is -0.133. The Balaban J connectivity index is 1.45. The number of hydrogen-bond acceptors (Lipinski definition) is 5. The van der Waals surface area contributed by atoms with Crippen LogP contribution in [0.1, 0.15) is 24.3 Å². The van der Waals surface area contributed by atoms with Crippen LogP contribution in [0.15, 0.2) is 42.6 Å². The molecular formula is C19H22N6O. The highest BCUT2D eigenvalue weighted by molar-refractivity contribution is 5.77. The number of pyridine rings is 1. The van der Waals surface area contributed by atoms with E-state index in [1.165, 1.54) is 10.4 Å². The van der Waals surface area contributed by atoms with Crippen LogP contribution in [0.4, 0.5) is 5.82 Å². The van der Waals surface area contributed by atoms with Crippen LogP contribution in [-0.2, 0) is 11.3 Å². The van der Waals surface area contributed by atoms with Gasteiger partial charge >= 0.3 is 0 Å². The van der Waals surface area contributed by atoms with Crippen molar-refractivity contribution in [2.24, 2.45) is 0 Å². The summed E-state index contributed by atoms with van der Waals surface area (Å²) in [6.07, 6.45) is 3.91. The molecule has 1 saturated heterocycles. The van der Waals surface area contributed by atoms with Crippen molar-refractivity contribution in [1.82, 2.24) is 24.9 Å². The molecule has 1 amide bonds. The van der Waals surface area contributed by atoms with E-state index in [0.717, 1.165) is 42.8 Å². The molecule has 4 rings (SSSR count).